The summed E-state index contributed by atoms with van der Waals surface area (Å²) in [5.41, 5.74) is 2.32. The second-order valence-corrected chi connectivity index (χ2v) is 17.6. The van der Waals surface area contributed by atoms with Crippen molar-refractivity contribution in [3.05, 3.63) is 108 Å². The van der Waals surface area contributed by atoms with E-state index in [1.807, 2.05) is 133 Å². The average molecular weight is 793 g/mol. The minimum absolute atomic E-state index is 0.0545. The number of hydrogen-bond donors (Lipinski definition) is 5. The van der Waals surface area contributed by atoms with Gasteiger partial charge in [-0.05, 0) is 70.7 Å². The lowest BCUT2D eigenvalue weighted by atomic mass is 9.88. The van der Waals surface area contributed by atoms with Crippen LogP contribution in [0, 0.1) is 5.92 Å². The van der Waals surface area contributed by atoms with Crippen molar-refractivity contribution in [1.29, 1.82) is 0 Å². The molecule has 0 bridgehead atoms. The Morgan fingerprint density at radius 2 is 1.26 bits per heavy atom. The van der Waals surface area contributed by atoms with Gasteiger partial charge in [-0.25, -0.2) is 0 Å². The van der Waals surface area contributed by atoms with E-state index < -0.39 is 83.2 Å². The Kier molecular flexibility index (Phi) is 12.1. The number of fused-ring (bicyclic) bond motifs is 4. The molecule has 3 aromatic carbocycles. The van der Waals surface area contributed by atoms with Gasteiger partial charge in [0, 0.05) is 36.5 Å². The lowest BCUT2D eigenvalue weighted by Crippen LogP contribution is -2.60. The maximum absolute atomic E-state index is 14.7. The monoisotopic (exact) mass is 792 g/mol. The third-order valence-corrected chi connectivity index (χ3v) is 10.7. The highest BCUT2D eigenvalue weighted by molar-refractivity contribution is 5.96. The maximum atomic E-state index is 14.7. The standard InChI is InChI=1S/C45H56N6O7/c1-44(2,3)56-35-26-51-37(38(35)57-45(4,5)6)36-39(58-51)43(55)50-34(23-29-24-46-32-20-14-13-19-31(29)32)41(53)49-33(22-28-17-11-8-12-18-28)40(52)48-30(25-47-42(36)54)21-27-15-9-7-10-16-27/h7-20,24,30,33-39,46H,21-23,25-26H2,1-6H3,(H,47,54)(H,48,52)(H,49,53)(H,50,55)/t30-,33+,34+,35+,36-,37+,38-,39+/m1/s1. The van der Waals surface area contributed by atoms with Gasteiger partial charge in [-0.2, -0.15) is 5.06 Å². The van der Waals surface area contributed by atoms with Crippen LogP contribution in [-0.2, 0) is 52.8 Å². The summed E-state index contributed by atoms with van der Waals surface area (Å²) in [5.74, 6) is -3.07. The number of carbonyl (C=O) groups is 4. The summed E-state index contributed by atoms with van der Waals surface area (Å²) in [6, 6.07) is 23.4. The van der Waals surface area contributed by atoms with Gasteiger partial charge in [0.15, 0.2) is 6.10 Å². The third-order valence-electron chi connectivity index (χ3n) is 10.7. The van der Waals surface area contributed by atoms with Gasteiger partial charge in [0.05, 0.1) is 35.7 Å². The molecule has 7 rings (SSSR count). The molecular weight excluding hydrogens is 737 g/mol. The highest BCUT2D eigenvalue weighted by Gasteiger charge is 2.61. The highest BCUT2D eigenvalue weighted by atomic mass is 16.7. The molecule has 58 heavy (non-hydrogen) atoms. The van der Waals surface area contributed by atoms with Crippen molar-refractivity contribution in [1.82, 2.24) is 31.3 Å². The Balaban J connectivity index is 1.27. The van der Waals surface area contributed by atoms with Gasteiger partial charge in [0.1, 0.15) is 24.3 Å². The van der Waals surface area contributed by atoms with Crippen LogP contribution < -0.4 is 21.3 Å². The van der Waals surface area contributed by atoms with Crippen molar-refractivity contribution in [3.8, 4) is 0 Å². The molecule has 1 aromatic heterocycles. The van der Waals surface area contributed by atoms with E-state index in [0.717, 1.165) is 27.6 Å². The minimum atomic E-state index is -1.30. The summed E-state index contributed by atoms with van der Waals surface area (Å²) in [5, 5.41) is 14.7. The van der Waals surface area contributed by atoms with Crippen LogP contribution >= 0.6 is 0 Å². The topological polar surface area (TPSA) is 163 Å². The zero-order valence-electron chi connectivity index (χ0n) is 34.1. The number of nitrogens with zero attached hydrogens (tertiary/aromatic N) is 1. The first-order valence-electron chi connectivity index (χ1n) is 20.2. The number of carbonyl (C=O) groups excluding carboxylic acids is 4. The summed E-state index contributed by atoms with van der Waals surface area (Å²) < 4.78 is 13.1. The largest absolute Gasteiger partial charge is 0.368 e. The van der Waals surface area contributed by atoms with E-state index in [1.54, 1.807) is 5.06 Å². The van der Waals surface area contributed by atoms with Crippen molar-refractivity contribution < 1.29 is 33.5 Å². The fourth-order valence-electron chi connectivity index (χ4n) is 8.32. The van der Waals surface area contributed by atoms with Gasteiger partial charge in [-0.1, -0.05) is 78.9 Å². The third kappa shape index (κ3) is 9.78. The number of aromatic nitrogens is 1. The number of hydrogen-bond acceptors (Lipinski definition) is 8. The molecular formula is C45H56N6O7. The average Bonchev–Trinajstić information content (AvgIpc) is 3.84. The zero-order valence-corrected chi connectivity index (χ0v) is 34.1. The van der Waals surface area contributed by atoms with Crippen molar-refractivity contribution in [2.24, 2.45) is 5.92 Å². The Hall–Kier alpha value is -5.08. The van der Waals surface area contributed by atoms with Gasteiger partial charge in [-0.3, -0.25) is 24.0 Å². The molecule has 3 saturated heterocycles. The molecule has 0 spiro atoms. The van der Waals surface area contributed by atoms with Crippen LogP contribution in [0.5, 0.6) is 0 Å². The molecule has 13 heteroatoms. The van der Waals surface area contributed by atoms with Crippen LogP contribution in [0.25, 0.3) is 10.9 Å². The fraction of sp³-hybridized carbons (Fsp3) is 0.467. The lowest BCUT2D eigenvalue weighted by molar-refractivity contribution is -0.175. The summed E-state index contributed by atoms with van der Waals surface area (Å²) in [7, 11) is 0. The van der Waals surface area contributed by atoms with Crippen molar-refractivity contribution >= 4 is 34.5 Å². The van der Waals surface area contributed by atoms with E-state index in [9.17, 15) is 19.2 Å². The van der Waals surface area contributed by atoms with E-state index in [0.29, 0.717) is 6.42 Å². The Labute approximate surface area is 339 Å². The molecule has 0 radical (unpaired) electrons. The Morgan fingerprint density at radius 1 is 0.672 bits per heavy atom. The fourth-order valence-corrected chi connectivity index (χ4v) is 8.32. The first kappa shape index (κ1) is 41.1. The molecule has 4 amide bonds. The van der Waals surface area contributed by atoms with Gasteiger partial charge < -0.3 is 35.7 Å². The molecule has 5 N–H and O–H groups in total. The van der Waals surface area contributed by atoms with E-state index in [2.05, 4.69) is 26.3 Å². The summed E-state index contributed by atoms with van der Waals surface area (Å²) in [6.07, 6.45) is 0.117. The predicted octanol–water partition coefficient (Wildman–Crippen LogP) is 3.76. The molecule has 308 valence electrons. The zero-order chi connectivity index (χ0) is 41.2. The quantitative estimate of drug-likeness (QED) is 0.180. The first-order valence-corrected chi connectivity index (χ1v) is 20.2. The second-order valence-electron chi connectivity index (χ2n) is 17.6. The number of aromatic amines is 1. The van der Waals surface area contributed by atoms with Crippen LogP contribution in [0.4, 0.5) is 0 Å². The molecule has 3 aliphatic heterocycles. The number of nitrogens with one attached hydrogen (secondary N) is 5. The van der Waals surface area contributed by atoms with E-state index in [-0.39, 0.29) is 25.9 Å². The number of ether oxygens (including phenoxy) is 2. The first-order chi connectivity index (χ1) is 27.6. The van der Waals surface area contributed by atoms with Crippen molar-refractivity contribution in [2.45, 2.75) is 114 Å². The second kappa shape index (κ2) is 17.0. The molecule has 13 nitrogen and oxygen atoms in total. The normalized spacial score (nSPS) is 27.6. The molecule has 0 saturated carbocycles. The molecule has 0 unspecified atom stereocenters. The summed E-state index contributed by atoms with van der Waals surface area (Å²) >= 11 is 0. The number of amides is 4. The van der Waals surface area contributed by atoms with E-state index in [1.165, 1.54) is 0 Å². The van der Waals surface area contributed by atoms with Crippen LogP contribution in [0.2, 0.25) is 0 Å². The SMILES string of the molecule is CC(C)(C)O[C@H]1[C@@H]2[C@H]3C(=O)NC[C@@H](Cc4ccccc4)NC(=O)[C@H](Cc4ccccc4)NC(=O)[C@H](Cc4c[nH]c5ccccc45)NC(=O)[C@H]3ON2C[C@@H]1OC(C)(C)C. The van der Waals surface area contributed by atoms with Gasteiger partial charge in [-0.15, -0.1) is 0 Å². The molecule has 3 fully saturated rings. The Bertz CT molecular complexity index is 2080. The van der Waals surface area contributed by atoms with Gasteiger partial charge in [0.2, 0.25) is 17.7 Å². The lowest BCUT2D eigenvalue weighted by Gasteiger charge is -2.36. The molecule has 8 atom stereocenters. The number of para-hydroxylation sites is 1. The van der Waals surface area contributed by atoms with Crippen molar-refractivity contribution in [3.63, 3.8) is 0 Å². The molecule has 0 aliphatic carbocycles. The van der Waals surface area contributed by atoms with Crippen LogP contribution in [0.3, 0.4) is 0 Å². The number of rotatable bonds is 8. The van der Waals surface area contributed by atoms with Crippen LogP contribution in [0.15, 0.2) is 91.1 Å². The van der Waals surface area contributed by atoms with Crippen LogP contribution in [-0.4, -0.2) is 100 Å². The summed E-state index contributed by atoms with van der Waals surface area (Å²) in [4.78, 5) is 68.0. The minimum Gasteiger partial charge on any atom is -0.368 e. The predicted molar refractivity (Wildman–Crippen MR) is 219 cm³/mol. The van der Waals surface area contributed by atoms with Crippen LogP contribution in [0.1, 0.15) is 58.2 Å². The number of benzene rings is 3. The van der Waals surface area contributed by atoms with Crippen molar-refractivity contribution in [2.75, 3.05) is 13.1 Å². The number of H-pyrrole nitrogens is 1. The molecule has 4 aromatic rings. The maximum Gasteiger partial charge on any atom is 0.252 e. The molecule has 3 aliphatic rings. The van der Waals surface area contributed by atoms with E-state index in [4.69, 9.17) is 14.3 Å². The highest BCUT2D eigenvalue weighted by Crippen LogP contribution is 2.41. The smallest absolute Gasteiger partial charge is 0.252 e. The Morgan fingerprint density at radius 3 is 1.93 bits per heavy atom. The van der Waals surface area contributed by atoms with Gasteiger partial charge >= 0.3 is 0 Å². The summed E-state index contributed by atoms with van der Waals surface area (Å²) in [6.45, 7) is 12.0. The molecule has 4 heterocycles. The number of hydroxylamine groups is 2. The van der Waals surface area contributed by atoms with E-state index >= 15 is 0 Å². The van der Waals surface area contributed by atoms with Gasteiger partial charge in [0.25, 0.3) is 5.91 Å².